The van der Waals surface area contributed by atoms with Crippen LogP contribution in [-0.4, -0.2) is 35.4 Å². The lowest BCUT2D eigenvalue weighted by Gasteiger charge is -2.29. The van der Waals surface area contributed by atoms with Crippen LogP contribution in [0, 0.1) is 11.3 Å². The van der Waals surface area contributed by atoms with Crippen molar-refractivity contribution in [2.45, 2.75) is 40.0 Å². The second kappa shape index (κ2) is 7.27. The lowest BCUT2D eigenvalue weighted by atomic mass is 9.76. The van der Waals surface area contributed by atoms with Gasteiger partial charge in [0, 0.05) is 12.8 Å². The zero-order chi connectivity index (χ0) is 13.5. The molecule has 0 heterocycles. The molecule has 0 saturated carbocycles. The van der Waals surface area contributed by atoms with Gasteiger partial charge in [0.15, 0.2) is 0 Å². The summed E-state index contributed by atoms with van der Waals surface area (Å²) < 4.78 is 4.72. The van der Waals surface area contributed by atoms with Crippen LogP contribution in [0.5, 0.6) is 0 Å². The van der Waals surface area contributed by atoms with Crippen molar-refractivity contribution >= 4 is 11.9 Å². The first-order chi connectivity index (χ1) is 7.77. The maximum absolute atomic E-state index is 11.2. The number of esters is 1. The number of aliphatic hydroxyl groups excluding tert-OH is 1. The zero-order valence-corrected chi connectivity index (χ0v) is 10.7. The molecule has 1 atom stereocenters. The van der Waals surface area contributed by atoms with Crippen molar-refractivity contribution in [1.82, 2.24) is 0 Å². The van der Waals surface area contributed by atoms with Crippen LogP contribution in [0.4, 0.5) is 0 Å². The minimum atomic E-state index is -0.853. The normalized spacial score (nSPS) is 13.2. The Morgan fingerprint density at radius 1 is 1.29 bits per heavy atom. The van der Waals surface area contributed by atoms with Gasteiger partial charge in [0.05, 0.1) is 6.61 Å². The van der Waals surface area contributed by atoms with Gasteiger partial charge in [-0.05, 0) is 17.8 Å². The summed E-state index contributed by atoms with van der Waals surface area (Å²) in [6.07, 6.45) is 0.728. The molecule has 0 aliphatic heterocycles. The van der Waals surface area contributed by atoms with E-state index in [4.69, 9.17) is 14.9 Å². The summed E-state index contributed by atoms with van der Waals surface area (Å²) in [4.78, 5) is 22.0. The van der Waals surface area contributed by atoms with Gasteiger partial charge >= 0.3 is 11.9 Å². The van der Waals surface area contributed by atoms with E-state index in [1.165, 1.54) is 0 Å². The number of hydrogen-bond donors (Lipinski definition) is 2. The number of aliphatic carboxylic acids is 1. The second-order valence-electron chi connectivity index (χ2n) is 5.14. The van der Waals surface area contributed by atoms with Crippen molar-refractivity contribution in [3.8, 4) is 0 Å². The van der Waals surface area contributed by atoms with Gasteiger partial charge in [-0.15, -0.1) is 0 Å². The maximum Gasteiger partial charge on any atom is 0.305 e. The van der Waals surface area contributed by atoms with E-state index in [1.54, 1.807) is 0 Å². The Labute approximate surface area is 102 Å². The summed E-state index contributed by atoms with van der Waals surface area (Å²) in [5.74, 6) is -1.31. The first-order valence-corrected chi connectivity index (χ1v) is 5.75. The minimum absolute atomic E-state index is 0.00204. The van der Waals surface area contributed by atoms with Crippen LogP contribution < -0.4 is 0 Å². The Bertz CT molecular complexity index is 254. The smallest absolute Gasteiger partial charge is 0.305 e. The maximum atomic E-state index is 11.2. The number of ether oxygens (including phenoxy) is 1. The Morgan fingerprint density at radius 2 is 1.88 bits per heavy atom. The van der Waals surface area contributed by atoms with E-state index in [1.807, 2.05) is 20.8 Å². The van der Waals surface area contributed by atoms with Gasteiger partial charge in [0.2, 0.25) is 0 Å². The Kier molecular flexibility index (Phi) is 6.80. The topological polar surface area (TPSA) is 83.8 Å². The van der Waals surface area contributed by atoms with Gasteiger partial charge in [0.1, 0.15) is 6.61 Å². The number of carbonyl (C=O) groups excluding carboxylic acids is 1. The summed E-state index contributed by atoms with van der Waals surface area (Å²) in [6, 6.07) is 0. The zero-order valence-electron chi connectivity index (χ0n) is 10.7. The molecule has 0 fully saturated rings. The van der Waals surface area contributed by atoms with E-state index in [0.29, 0.717) is 6.42 Å². The number of carbonyl (C=O) groups is 2. The van der Waals surface area contributed by atoms with Crippen molar-refractivity contribution in [1.29, 1.82) is 0 Å². The van der Waals surface area contributed by atoms with Crippen LogP contribution in [0.1, 0.15) is 40.0 Å². The number of carboxylic acid groups (broad SMARTS) is 1. The second-order valence-corrected chi connectivity index (χ2v) is 5.14. The van der Waals surface area contributed by atoms with Crippen LogP contribution in [0.3, 0.4) is 0 Å². The van der Waals surface area contributed by atoms with Gasteiger partial charge in [-0.25, -0.2) is 0 Å². The highest BCUT2D eigenvalue weighted by atomic mass is 16.5. The van der Waals surface area contributed by atoms with E-state index >= 15 is 0 Å². The van der Waals surface area contributed by atoms with Gasteiger partial charge < -0.3 is 14.9 Å². The first kappa shape index (κ1) is 15.9. The van der Waals surface area contributed by atoms with E-state index in [9.17, 15) is 9.59 Å². The largest absolute Gasteiger partial charge is 0.481 e. The average Bonchev–Trinajstić information content (AvgIpc) is 2.19. The highest BCUT2D eigenvalue weighted by Crippen LogP contribution is 2.32. The summed E-state index contributed by atoms with van der Waals surface area (Å²) in [7, 11) is 0. The van der Waals surface area contributed by atoms with Gasteiger partial charge in [-0.2, -0.15) is 0 Å². The molecular weight excluding hydrogens is 224 g/mol. The third-order valence-corrected chi connectivity index (χ3v) is 2.70. The Hall–Kier alpha value is -1.10. The third-order valence-electron chi connectivity index (χ3n) is 2.70. The molecular formula is C12H22O5. The van der Waals surface area contributed by atoms with Crippen molar-refractivity contribution in [2.24, 2.45) is 11.3 Å². The van der Waals surface area contributed by atoms with E-state index < -0.39 is 11.9 Å². The molecule has 0 aliphatic carbocycles. The molecule has 0 aromatic carbocycles. The molecule has 0 rings (SSSR count). The SMILES string of the molecule is CC(C)(C)C(CCC(=O)OCCO)CC(=O)O. The quantitative estimate of drug-likeness (QED) is 0.664. The Morgan fingerprint density at radius 3 is 2.29 bits per heavy atom. The van der Waals surface area contributed by atoms with Crippen molar-refractivity contribution in [3.05, 3.63) is 0 Å². The fourth-order valence-electron chi connectivity index (χ4n) is 1.58. The predicted molar refractivity (Wildman–Crippen MR) is 62.5 cm³/mol. The lowest BCUT2D eigenvalue weighted by molar-refractivity contribution is -0.146. The average molecular weight is 246 g/mol. The van der Waals surface area contributed by atoms with Gasteiger partial charge in [0.25, 0.3) is 0 Å². The highest BCUT2D eigenvalue weighted by Gasteiger charge is 2.27. The number of carboxylic acids is 1. The molecule has 17 heavy (non-hydrogen) atoms. The summed E-state index contributed by atoms with van der Waals surface area (Å²) in [5.41, 5.74) is -0.157. The summed E-state index contributed by atoms with van der Waals surface area (Å²) in [5, 5.41) is 17.3. The molecule has 0 radical (unpaired) electrons. The molecule has 5 heteroatoms. The molecule has 0 amide bonds. The van der Waals surface area contributed by atoms with E-state index in [-0.39, 0.29) is 37.4 Å². The van der Waals surface area contributed by atoms with E-state index in [0.717, 1.165) is 0 Å². The monoisotopic (exact) mass is 246 g/mol. The van der Waals surface area contributed by atoms with Crippen LogP contribution in [0.2, 0.25) is 0 Å². The predicted octanol–water partition coefficient (Wildman–Crippen LogP) is 1.44. The van der Waals surface area contributed by atoms with E-state index in [2.05, 4.69) is 0 Å². The fourth-order valence-corrected chi connectivity index (χ4v) is 1.58. The van der Waals surface area contributed by atoms with Gasteiger partial charge in [-0.3, -0.25) is 9.59 Å². The minimum Gasteiger partial charge on any atom is -0.481 e. The molecule has 0 aromatic rings. The molecule has 0 aromatic heterocycles. The molecule has 0 spiro atoms. The van der Waals surface area contributed by atoms with Crippen LogP contribution in [0.25, 0.3) is 0 Å². The molecule has 100 valence electrons. The highest BCUT2D eigenvalue weighted by molar-refractivity contribution is 5.70. The van der Waals surface area contributed by atoms with Crippen molar-refractivity contribution in [3.63, 3.8) is 0 Å². The molecule has 0 saturated heterocycles. The first-order valence-electron chi connectivity index (χ1n) is 5.75. The number of hydrogen-bond acceptors (Lipinski definition) is 4. The van der Waals surface area contributed by atoms with Crippen molar-refractivity contribution in [2.75, 3.05) is 13.2 Å². The lowest BCUT2D eigenvalue weighted by Crippen LogP contribution is -2.24. The molecule has 0 bridgehead atoms. The van der Waals surface area contributed by atoms with Crippen LogP contribution in [-0.2, 0) is 14.3 Å². The van der Waals surface area contributed by atoms with Crippen molar-refractivity contribution < 1.29 is 24.5 Å². The molecule has 5 nitrogen and oxygen atoms in total. The molecule has 1 unspecified atom stereocenters. The fraction of sp³-hybridized carbons (Fsp3) is 0.833. The molecule has 0 aliphatic rings. The molecule has 2 N–H and O–H groups in total. The van der Waals surface area contributed by atoms with Gasteiger partial charge in [-0.1, -0.05) is 20.8 Å². The third kappa shape index (κ3) is 7.74. The summed E-state index contributed by atoms with van der Waals surface area (Å²) in [6.45, 7) is 5.68. The summed E-state index contributed by atoms with van der Waals surface area (Å²) >= 11 is 0. The standard InChI is InChI=1S/C12H22O5/c1-12(2,3)9(8-10(14)15)4-5-11(16)17-7-6-13/h9,13H,4-8H2,1-3H3,(H,14,15). The number of aliphatic hydroxyl groups is 1. The Balaban J connectivity index is 4.17. The van der Waals surface area contributed by atoms with Crippen LogP contribution in [0.15, 0.2) is 0 Å². The number of rotatable bonds is 7. The van der Waals surface area contributed by atoms with Crippen LogP contribution >= 0.6 is 0 Å².